The molecule has 0 radical (unpaired) electrons. The molecule has 1 fully saturated rings. The number of halogens is 4. The summed E-state index contributed by atoms with van der Waals surface area (Å²) in [4.78, 5) is 0. The van der Waals surface area contributed by atoms with Crippen LogP contribution in [-0.2, 0) is 0 Å². The molecule has 2 nitrogen and oxygen atoms in total. The van der Waals surface area contributed by atoms with Gasteiger partial charge in [0.15, 0.2) is 17.4 Å². The first-order chi connectivity index (χ1) is 9.28. The van der Waals surface area contributed by atoms with Gasteiger partial charge in [-0.3, -0.25) is 0 Å². The number of rotatable bonds is 4. The van der Waals surface area contributed by atoms with Gasteiger partial charge in [-0.2, -0.15) is 8.78 Å². The van der Waals surface area contributed by atoms with Gasteiger partial charge in [0, 0.05) is 23.9 Å². The minimum Gasteiger partial charge on any atom is -0.484 e. The van der Waals surface area contributed by atoms with Crippen LogP contribution in [0.4, 0.5) is 17.6 Å². The van der Waals surface area contributed by atoms with E-state index in [1.54, 1.807) is 0 Å². The minimum absolute atomic E-state index is 0.141. The first kappa shape index (κ1) is 15.1. The Bertz CT molecular complexity index is 492. The van der Waals surface area contributed by atoms with E-state index in [-0.39, 0.29) is 17.5 Å². The molecule has 1 saturated carbocycles. The molecule has 0 amide bonds. The Balaban J connectivity index is 2.21. The Kier molecular flexibility index (Phi) is 3.95. The van der Waals surface area contributed by atoms with Crippen molar-refractivity contribution in [3.05, 3.63) is 29.3 Å². The van der Waals surface area contributed by atoms with E-state index in [0.29, 0.717) is 6.42 Å². The molecule has 1 aromatic rings. The Labute approximate surface area is 115 Å². The predicted molar refractivity (Wildman–Crippen MR) is 66.6 cm³/mol. The van der Waals surface area contributed by atoms with Gasteiger partial charge < -0.3 is 10.1 Å². The van der Waals surface area contributed by atoms with Crippen LogP contribution in [0.1, 0.15) is 27.2 Å². The molecular weight excluding hydrogens is 274 g/mol. The lowest BCUT2D eigenvalue weighted by molar-refractivity contribution is -0.0582. The third-order valence-electron chi connectivity index (χ3n) is 3.96. The van der Waals surface area contributed by atoms with E-state index in [1.165, 1.54) is 0 Å². The van der Waals surface area contributed by atoms with E-state index in [4.69, 9.17) is 4.74 Å². The van der Waals surface area contributed by atoms with Gasteiger partial charge in [-0.1, -0.05) is 20.8 Å². The highest BCUT2D eigenvalue weighted by Gasteiger charge is 2.50. The van der Waals surface area contributed by atoms with Crippen LogP contribution in [0, 0.1) is 28.7 Å². The number of nitrogens with one attached hydrogen (secondary N) is 1. The van der Waals surface area contributed by atoms with Crippen molar-refractivity contribution in [2.75, 3.05) is 6.54 Å². The van der Waals surface area contributed by atoms with Crippen LogP contribution in [0.5, 0.6) is 5.75 Å². The van der Waals surface area contributed by atoms with E-state index in [2.05, 4.69) is 5.32 Å². The molecule has 1 N–H and O–H groups in total. The largest absolute Gasteiger partial charge is 0.484 e. The first-order valence-electron chi connectivity index (χ1n) is 6.52. The van der Waals surface area contributed by atoms with E-state index >= 15 is 0 Å². The van der Waals surface area contributed by atoms with Gasteiger partial charge in [0.05, 0.1) is 0 Å². The van der Waals surface area contributed by atoms with Crippen molar-refractivity contribution < 1.29 is 22.3 Å². The molecular formula is C14H17F4NO. The molecule has 0 saturated heterocycles. The molecule has 20 heavy (non-hydrogen) atoms. The molecule has 0 aromatic heterocycles. The SMILES string of the molecule is CCNC1CC(Oc2c(F)c(F)cc(F)c2F)C1(C)C. The highest BCUT2D eigenvalue weighted by Crippen LogP contribution is 2.44. The minimum atomic E-state index is -1.49. The van der Waals surface area contributed by atoms with Crippen molar-refractivity contribution in [3.8, 4) is 5.75 Å². The van der Waals surface area contributed by atoms with E-state index in [1.807, 2.05) is 20.8 Å². The number of benzene rings is 1. The fraction of sp³-hybridized carbons (Fsp3) is 0.571. The molecule has 0 spiro atoms. The highest BCUT2D eigenvalue weighted by molar-refractivity contribution is 5.29. The highest BCUT2D eigenvalue weighted by atomic mass is 19.2. The monoisotopic (exact) mass is 291 g/mol. The Hall–Kier alpha value is -1.30. The summed E-state index contributed by atoms with van der Waals surface area (Å²) in [6, 6.07) is 0.312. The standard InChI is InChI=1S/C14H17F4NO/c1-4-19-9-6-10(14(9,2)3)20-13-11(17)7(15)5-8(16)12(13)18/h5,9-10,19H,4,6H2,1-3H3. The lowest BCUT2D eigenvalue weighted by Crippen LogP contribution is -2.62. The summed E-state index contributed by atoms with van der Waals surface area (Å²) in [5, 5.41) is 3.22. The number of hydrogen-bond acceptors (Lipinski definition) is 2. The molecule has 112 valence electrons. The molecule has 1 aromatic carbocycles. The van der Waals surface area contributed by atoms with Gasteiger partial charge in [0.1, 0.15) is 6.10 Å². The van der Waals surface area contributed by atoms with Crippen molar-refractivity contribution >= 4 is 0 Å². The van der Waals surface area contributed by atoms with Gasteiger partial charge in [-0.25, -0.2) is 8.78 Å². The summed E-state index contributed by atoms with van der Waals surface area (Å²) in [6.07, 6.45) is 0.0226. The summed E-state index contributed by atoms with van der Waals surface area (Å²) < 4.78 is 58.5. The molecule has 0 aliphatic heterocycles. The Morgan fingerprint density at radius 2 is 1.75 bits per heavy atom. The molecule has 1 aliphatic carbocycles. The van der Waals surface area contributed by atoms with E-state index in [0.717, 1.165) is 6.54 Å². The average molecular weight is 291 g/mol. The Morgan fingerprint density at radius 3 is 2.20 bits per heavy atom. The first-order valence-corrected chi connectivity index (χ1v) is 6.52. The molecule has 2 unspecified atom stereocenters. The fourth-order valence-electron chi connectivity index (χ4n) is 2.48. The summed E-state index contributed by atoms with van der Waals surface area (Å²) in [7, 11) is 0. The number of ether oxygens (including phenoxy) is 1. The Morgan fingerprint density at radius 1 is 1.20 bits per heavy atom. The molecule has 0 heterocycles. The normalized spacial score (nSPS) is 24.4. The van der Waals surface area contributed by atoms with Gasteiger partial charge in [0.2, 0.25) is 11.6 Å². The van der Waals surface area contributed by atoms with E-state index in [9.17, 15) is 17.6 Å². The predicted octanol–water partition coefficient (Wildman–Crippen LogP) is 3.40. The lowest BCUT2D eigenvalue weighted by atomic mass is 9.64. The smallest absolute Gasteiger partial charge is 0.203 e. The zero-order valence-corrected chi connectivity index (χ0v) is 11.6. The fourth-order valence-corrected chi connectivity index (χ4v) is 2.48. The maximum Gasteiger partial charge on any atom is 0.203 e. The van der Waals surface area contributed by atoms with Crippen LogP contribution in [0.25, 0.3) is 0 Å². The molecule has 1 aliphatic rings. The van der Waals surface area contributed by atoms with Crippen molar-refractivity contribution in [3.63, 3.8) is 0 Å². The van der Waals surface area contributed by atoms with Gasteiger partial charge in [-0.05, 0) is 6.54 Å². The van der Waals surface area contributed by atoms with Crippen molar-refractivity contribution in [2.45, 2.75) is 39.3 Å². The van der Waals surface area contributed by atoms with Gasteiger partial charge >= 0.3 is 0 Å². The second-order valence-corrected chi connectivity index (χ2v) is 5.57. The van der Waals surface area contributed by atoms with Crippen molar-refractivity contribution in [1.29, 1.82) is 0 Å². The third-order valence-corrected chi connectivity index (χ3v) is 3.96. The van der Waals surface area contributed by atoms with Gasteiger partial charge in [0.25, 0.3) is 0 Å². The van der Waals surface area contributed by atoms with Crippen LogP contribution in [0.2, 0.25) is 0 Å². The maximum atomic E-state index is 13.5. The lowest BCUT2D eigenvalue weighted by Gasteiger charge is -2.51. The average Bonchev–Trinajstić information content (AvgIpc) is 2.39. The molecule has 2 atom stereocenters. The molecule has 0 bridgehead atoms. The topological polar surface area (TPSA) is 21.3 Å². The van der Waals surface area contributed by atoms with Crippen LogP contribution in [0.15, 0.2) is 6.07 Å². The molecule has 6 heteroatoms. The second-order valence-electron chi connectivity index (χ2n) is 5.57. The van der Waals surface area contributed by atoms with Crippen LogP contribution < -0.4 is 10.1 Å². The van der Waals surface area contributed by atoms with Crippen LogP contribution >= 0.6 is 0 Å². The maximum absolute atomic E-state index is 13.5. The van der Waals surface area contributed by atoms with Crippen LogP contribution in [-0.4, -0.2) is 18.7 Å². The molecule has 2 rings (SSSR count). The summed E-state index contributed by atoms with van der Waals surface area (Å²) in [5.74, 6) is -6.88. The third kappa shape index (κ3) is 2.37. The quantitative estimate of drug-likeness (QED) is 0.678. The summed E-state index contributed by atoms with van der Waals surface area (Å²) in [6.45, 7) is 6.46. The van der Waals surface area contributed by atoms with Gasteiger partial charge in [-0.15, -0.1) is 0 Å². The second kappa shape index (κ2) is 5.24. The summed E-state index contributed by atoms with van der Waals surface area (Å²) in [5.41, 5.74) is -0.377. The van der Waals surface area contributed by atoms with E-state index < -0.39 is 35.1 Å². The van der Waals surface area contributed by atoms with Crippen molar-refractivity contribution in [2.24, 2.45) is 5.41 Å². The zero-order chi connectivity index (χ0) is 15.1. The number of hydrogen-bond donors (Lipinski definition) is 1. The summed E-state index contributed by atoms with van der Waals surface area (Å²) >= 11 is 0. The van der Waals surface area contributed by atoms with Crippen LogP contribution in [0.3, 0.4) is 0 Å². The zero-order valence-electron chi connectivity index (χ0n) is 11.6. The van der Waals surface area contributed by atoms with Crippen molar-refractivity contribution in [1.82, 2.24) is 5.32 Å².